The third-order valence-corrected chi connectivity index (χ3v) is 7.32. The van der Waals surface area contributed by atoms with Crippen molar-refractivity contribution in [1.82, 2.24) is 9.13 Å². The van der Waals surface area contributed by atoms with E-state index in [0.717, 1.165) is 22.8 Å². The van der Waals surface area contributed by atoms with Crippen LogP contribution in [0, 0.1) is 10.1 Å². The van der Waals surface area contributed by atoms with E-state index in [2.05, 4.69) is 5.32 Å². The highest BCUT2D eigenvalue weighted by Crippen LogP contribution is 2.41. The fourth-order valence-electron chi connectivity index (χ4n) is 5.16. The molecule has 0 bridgehead atoms. The summed E-state index contributed by atoms with van der Waals surface area (Å²) >= 11 is 0. The van der Waals surface area contributed by atoms with Gasteiger partial charge in [0.2, 0.25) is 0 Å². The Morgan fingerprint density at radius 3 is 2.11 bits per heavy atom. The minimum absolute atomic E-state index is 0.00412. The predicted molar refractivity (Wildman–Crippen MR) is 160 cm³/mol. The van der Waals surface area contributed by atoms with Crippen LogP contribution in [0.25, 0.3) is 0 Å². The van der Waals surface area contributed by atoms with Crippen molar-refractivity contribution in [2.75, 3.05) is 12.4 Å². The summed E-state index contributed by atoms with van der Waals surface area (Å²) in [6.07, 6.45) is 0. The third kappa shape index (κ3) is 5.91. The molecule has 1 aliphatic heterocycles. The predicted octanol–water partition coefficient (Wildman–Crippen LogP) is 3.71. The van der Waals surface area contributed by atoms with Crippen molar-refractivity contribution in [2.45, 2.75) is 32.5 Å². The molecule has 0 amide bonds. The number of nitro groups is 1. The Balaban J connectivity index is 1.73. The van der Waals surface area contributed by atoms with Crippen LogP contribution < -0.4 is 16.6 Å². The molecule has 0 aliphatic carbocycles. The van der Waals surface area contributed by atoms with Gasteiger partial charge in [-0.2, -0.15) is 0 Å². The first kappa shape index (κ1) is 29.7. The summed E-state index contributed by atoms with van der Waals surface area (Å²) < 4.78 is 12.5. The van der Waals surface area contributed by atoms with Gasteiger partial charge in [0.25, 0.3) is 11.2 Å². The molecule has 44 heavy (non-hydrogen) atoms. The van der Waals surface area contributed by atoms with Gasteiger partial charge in [-0.25, -0.2) is 14.2 Å². The van der Waals surface area contributed by atoms with Crippen molar-refractivity contribution in [3.8, 4) is 0 Å². The number of esters is 2. The molecule has 1 N–H and O–H groups in total. The number of allylic oxidation sites excluding steroid dienone is 1. The molecular weight excluding hydrogens is 568 g/mol. The van der Waals surface area contributed by atoms with E-state index in [4.69, 9.17) is 9.47 Å². The molecule has 0 saturated heterocycles. The second-order valence-corrected chi connectivity index (χ2v) is 10.1. The number of methoxy groups -OCH3 is 1. The van der Waals surface area contributed by atoms with Gasteiger partial charge in [0, 0.05) is 17.8 Å². The van der Waals surface area contributed by atoms with Crippen LogP contribution in [0.5, 0.6) is 0 Å². The second kappa shape index (κ2) is 12.6. The Labute approximate surface area is 250 Å². The third-order valence-electron chi connectivity index (χ3n) is 7.32. The number of nitro benzene ring substituents is 1. The average molecular weight is 597 g/mol. The van der Waals surface area contributed by atoms with Crippen molar-refractivity contribution < 1.29 is 24.0 Å². The molecule has 0 radical (unpaired) electrons. The molecule has 224 valence electrons. The smallest absolute Gasteiger partial charge is 0.337 e. The van der Waals surface area contributed by atoms with Gasteiger partial charge >= 0.3 is 17.6 Å². The molecule has 4 aromatic rings. The van der Waals surface area contributed by atoms with Gasteiger partial charge in [-0.05, 0) is 23.6 Å². The van der Waals surface area contributed by atoms with E-state index in [1.807, 2.05) is 24.3 Å². The average Bonchev–Trinajstić information content (AvgIpc) is 3.04. The number of non-ortho nitro benzene ring substituents is 1. The summed E-state index contributed by atoms with van der Waals surface area (Å²) in [5.74, 6) is -2.52. The minimum Gasteiger partial charge on any atom is -0.468 e. The van der Waals surface area contributed by atoms with Crippen molar-refractivity contribution in [3.63, 3.8) is 0 Å². The summed E-state index contributed by atoms with van der Waals surface area (Å²) in [5.41, 5.74) is 0.479. The van der Waals surface area contributed by atoms with E-state index in [9.17, 15) is 29.3 Å². The SMILES string of the molecule is COC(=O)Cn1c(=O)c2c(n(Cc3ccccc3)c1=O)NC(C)=C(C(=O)OCc1ccccc1)[C@@H]2c1ccc([N+](=O)[O-])cc1. The van der Waals surface area contributed by atoms with E-state index < -0.39 is 40.6 Å². The number of rotatable bonds is 9. The van der Waals surface area contributed by atoms with Gasteiger partial charge < -0.3 is 14.8 Å². The highest BCUT2D eigenvalue weighted by molar-refractivity contribution is 5.94. The maximum absolute atomic E-state index is 14.1. The number of carbonyl (C=O) groups excluding carboxylic acids is 2. The van der Waals surface area contributed by atoms with Crippen molar-refractivity contribution in [1.29, 1.82) is 0 Å². The van der Waals surface area contributed by atoms with Gasteiger partial charge in [0.05, 0.1) is 35.6 Å². The zero-order chi connectivity index (χ0) is 31.4. The highest BCUT2D eigenvalue weighted by atomic mass is 16.6. The van der Waals surface area contributed by atoms with E-state index >= 15 is 0 Å². The molecular formula is C32H28N4O8. The molecule has 1 aromatic heterocycles. The fourth-order valence-corrected chi connectivity index (χ4v) is 5.16. The zero-order valence-electron chi connectivity index (χ0n) is 23.9. The summed E-state index contributed by atoms with van der Waals surface area (Å²) in [5, 5.41) is 14.5. The normalized spacial score (nSPS) is 13.9. The largest absolute Gasteiger partial charge is 0.468 e. The topological polar surface area (TPSA) is 152 Å². The van der Waals surface area contributed by atoms with Crippen LogP contribution in [0.1, 0.15) is 35.1 Å². The van der Waals surface area contributed by atoms with Crippen LogP contribution >= 0.6 is 0 Å². The first-order chi connectivity index (χ1) is 21.2. The van der Waals surface area contributed by atoms with Gasteiger partial charge in [-0.1, -0.05) is 72.8 Å². The van der Waals surface area contributed by atoms with Crippen LogP contribution in [-0.2, 0) is 38.8 Å². The van der Waals surface area contributed by atoms with Crippen LogP contribution in [-0.4, -0.2) is 33.1 Å². The van der Waals surface area contributed by atoms with Crippen molar-refractivity contribution in [2.24, 2.45) is 0 Å². The Bertz CT molecular complexity index is 1880. The van der Waals surface area contributed by atoms with Crippen LogP contribution in [0.4, 0.5) is 11.5 Å². The molecule has 5 rings (SSSR count). The Morgan fingerprint density at radius 2 is 1.52 bits per heavy atom. The van der Waals surface area contributed by atoms with E-state index in [1.165, 1.54) is 28.8 Å². The number of hydrogen-bond acceptors (Lipinski definition) is 9. The van der Waals surface area contributed by atoms with Gasteiger partial charge in [0.15, 0.2) is 0 Å². The molecule has 2 heterocycles. The second-order valence-electron chi connectivity index (χ2n) is 10.1. The monoisotopic (exact) mass is 596 g/mol. The van der Waals surface area contributed by atoms with Gasteiger partial charge in [0.1, 0.15) is 19.0 Å². The number of carbonyl (C=O) groups is 2. The summed E-state index contributed by atoms with van der Waals surface area (Å²) in [4.78, 5) is 64.8. The number of aromatic nitrogens is 2. The standard InChI is InChI=1S/C32H28N4O8/c1-20-26(31(39)44-19-22-11-7-4-8-12-22)27(23-13-15-24(16-14-23)36(41)42)28-29(33-20)34(17-21-9-5-3-6-10-21)32(40)35(30(28)38)18-25(37)43-2/h3-16,27,33H,17-19H2,1-2H3/t27-/m0/s1. The number of fused-ring (bicyclic) bond motifs is 1. The summed E-state index contributed by atoms with van der Waals surface area (Å²) in [6, 6.07) is 23.5. The van der Waals surface area contributed by atoms with Crippen LogP contribution in [0.2, 0.25) is 0 Å². The Kier molecular flexibility index (Phi) is 8.51. The lowest BCUT2D eigenvalue weighted by Crippen LogP contribution is -2.47. The van der Waals surface area contributed by atoms with Gasteiger partial charge in [-0.15, -0.1) is 0 Å². The minimum atomic E-state index is -1.10. The first-order valence-electron chi connectivity index (χ1n) is 13.6. The molecule has 12 heteroatoms. The molecule has 12 nitrogen and oxygen atoms in total. The van der Waals surface area contributed by atoms with Crippen molar-refractivity contribution in [3.05, 3.63) is 149 Å². The number of ether oxygens (including phenoxy) is 2. The molecule has 0 unspecified atom stereocenters. The lowest BCUT2D eigenvalue weighted by Gasteiger charge is -2.31. The fraction of sp³-hybridized carbons (Fsp3) is 0.188. The number of hydrogen-bond donors (Lipinski definition) is 1. The maximum atomic E-state index is 14.1. The van der Waals surface area contributed by atoms with E-state index in [0.29, 0.717) is 11.3 Å². The molecule has 0 spiro atoms. The number of benzene rings is 3. The summed E-state index contributed by atoms with van der Waals surface area (Å²) in [7, 11) is 1.14. The highest BCUT2D eigenvalue weighted by Gasteiger charge is 2.38. The summed E-state index contributed by atoms with van der Waals surface area (Å²) in [6.45, 7) is 0.943. The van der Waals surface area contributed by atoms with Crippen LogP contribution in [0.15, 0.2) is 106 Å². The Hall–Kier alpha value is -5.78. The molecule has 3 aromatic carbocycles. The Morgan fingerprint density at radius 1 is 0.909 bits per heavy atom. The first-order valence-corrected chi connectivity index (χ1v) is 13.6. The number of nitrogens with zero attached hydrogens (tertiary/aromatic N) is 3. The van der Waals surface area contributed by atoms with Crippen LogP contribution in [0.3, 0.4) is 0 Å². The molecule has 0 saturated carbocycles. The lowest BCUT2D eigenvalue weighted by atomic mass is 9.82. The maximum Gasteiger partial charge on any atom is 0.337 e. The van der Waals surface area contributed by atoms with E-state index in [-0.39, 0.29) is 35.8 Å². The zero-order valence-corrected chi connectivity index (χ0v) is 23.9. The van der Waals surface area contributed by atoms with Crippen molar-refractivity contribution >= 4 is 23.4 Å². The van der Waals surface area contributed by atoms with E-state index in [1.54, 1.807) is 43.3 Å². The molecule has 0 fully saturated rings. The molecule has 1 aliphatic rings. The number of anilines is 1. The lowest BCUT2D eigenvalue weighted by molar-refractivity contribution is -0.384. The van der Waals surface area contributed by atoms with Gasteiger partial charge in [-0.3, -0.25) is 24.3 Å². The quantitative estimate of drug-likeness (QED) is 0.173. The molecule has 1 atom stereocenters. The number of nitrogens with one attached hydrogen (secondary N) is 1.